The van der Waals surface area contributed by atoms with Crippen LogP contribution in [0.25, 0.3) is 11.0 Å². The summed E-state index contributed by atoms with van der Waals surface area (Å²) < 4.78 is 6.96. The first kappa shape index (κ1) is 18.3. The number of hydrogen-bond acceptors (Lipinski definition) is 3. The molecule has 0 amide bonds. The molecule has 4 rings (SSSR count). The molecule has 4 heteroatoms. The van der Waals surface area contributed by atoms with Gasteiger partial charge in [0.2, 0.25) is 0 Å². The second kappa shape index (κ2) is 6.52. The van der Waals surface area contributed by atoms with Crippen LogP contribution in [0.15, 0.2) is 50.4 Å². The van der Waals surface area contributed by atoms with Gasteiger partial charge in [0.15, 0.2) is 5.76 Å². The zero-order valence-electron chi connectivity index (χ0n) is 16.1. The minimum atomic E-state index is 0.109. The van der Waals surface area contributed by atoms with Gasteiger partial charge in [-0.15, -0.1) is 0 Å². The van der Waals surface area contributed by atoms with Gasteiger partial charge in [0.1, 0.15) is 11.3 Å². The molecule has 0 radical (unpaired) electrons. The summed E-state index contributed by atoms with van der Waals surface area (Å²) in [6.07, 6.45) is 1.91. The normalized spacial score (nSPS) is 22.9. The molecule has 0 bridgehead atoms. The predicted octanol–water partition coefficient (Wildman–Crippen LogP) is 6.67. The molecule has 1 aromatic heterocycles. The van der Waals surface area contributed by atoms with Gasteiger partial charge in [0.25, 0.3) is 0 Å². The van der Waals surface area contributed by atoms with Crippen molar-refractivity contribution < 1.29 is 9.62 Å². The Hall–Kier alpha value is -2.07. The summed E-state index contributed by atoms with van der Waals surface area (Å²) >= 11 is 3.49. The lowest BCUT2D eigenvalue weighted by atomic mass is 9.57. The number of hydrogen-bond donors (Lipinski definition) is 1. The van der Waals surface area contributed by atoms with Crippen LogP contribution >= 0.6 is 15.9 Å². The lowest BCUT2D eigenvalue weighted by molar-refractivity contribution is 0.207. The van der Waals surface area contributed by atoms with Gasteiger partial charge in [-0.3, -0.25) is 0 Å². The molecule has 3 aromatic rings. The zero-order chi connectivity index (χ0) is 19.3. The maximum absolute atomic E-state index is 9.70. The van der Waals surface area contributed by atoms with Crippen molar-refractivity contribution >= 4 is 32.6 Å². The number of oxime groups is 1. The molecular weight excluding hydrogens is 402 g/mol. The molecule has 0 saturated heterocycles. The Morgan fingerprint density at radius 2 is 1.78 bits per heavy atom. The quantitative estimate of drug-likeness (QED) is 0.289. The Balaban J connectivity index is 1.62. The van der Waals surface area contributed by atoms with Crippen LogP contribution in [-0.2, 0) is 5.41 Å². The van der Waals surface area contributed by atoms with Crippen molar-refractivity contribution in [3.05, 3.63) is 68.9 Å². The highest BCUT2D eigenvalue weighted by molar-refractivity contribution is 9.10. The third-order valence-corrected chi connectivity index (χ3v) is 6.39. The number of furan rings is 1. The van der Waals surface area contributed by atoms with E-state index in [-0.39, 0.29) is 11.3 Å². The van der Waals surface area contributed by atoms with E-state index in [1.165, 1.54) is 22.3 Å². The molecular formula is C23H24BrNO2. The van der Waals surface area contributed by atoms with Crippen molar-refractivity contribution in [1.82, 2.24) is 0 Å². The van der Waals surface area contributed by atoms with Gasteiger partial charge in [-0.2, -0.15) is 0 Å². The summed E-state index contributed by atoms with van der Waals surface area (Å²) in [7, 11) is 0. The van der Waals surface area contributed by atoms with Gasteiger partial charge >= 0.3 is 0 Å². The molecule has 27 heavy (non-hydrogen) atoms. The van der Waals surface area contributed by atoms with E-state index in [0.717, 1.165) is 28.3 Å². The standard InChI is InChI=1S/C23H24BrNO2/c1-13-7-14(2)21(15(3)8-13)23(4)11-17(12-23)22(25-26)20-10-16-9-18(24)5-6-19(16)27-20/h5-10,17,26H,11-12H2,1-4H3/b25-22+. The average Bonchev–Trinajstić information content (AvgIpc) is 2.95. The van der Waals surface area contributed by atoms with Crippen molar-refractivity contribution in [3.63, 3.8) is 0 Å². The van der Waals surface area contributed by atoms with Crippen molar-refractivity contribution in [2.24, 2.45) is 11.1 Å². The van der Waals surface area contributed by atoms with Gasteiger partial charge in [-0.05, 0) is 80.0 Å². The molecule has 1 aliphatic carbocycles. The van der Waals surface area contributed by atoms with Crippen molar-refractivity contribution in [1.29, 1.82) is 0 Å². The van der Waals surface area contributed by atoms with Crippen LogP contribution in [0.3, 0.4) is 0 Å². The molecule has 0 spiro atoms. The van der Waals surface area contributed by atoms with Gasteiger partial charge in [0.05, 0.1) is 0 Å². The van der Waals surface area contributed by atoms with E-state index in [0.29, 0.717) is 11.5 Å². The molecule has 1 aliphatic rings. The number of fused-ring (bicyclic) bond motifs is 1. The van der Waals surface area contributed by atoms with Crippen molar-refractivity contribution in [2.45, 2.75) is 46.0 Å². The van der Waals surface area contributed by atoms with Crippen LogP contribution in [0.2, 0.25) is 0 Å². The zero-order valence-corrected chi connectivity index (χ0v) is 17.7. The third-order valence-electron chi connectivity index (χ3n) is 5.90. The summed E-state index contributed by atoms with van der Waals surface area (Å²) in [4.78, 5) is 0. The minimum Gasteiger partial charge on any atom is -0.455 e. The van der Waals surface area contributed by atoms with Gasteiger partial charge in [-0.1, -0.05) is 45.7 Å². The molecule has 1 fully saturated rings. The van der Waals surface area contributed by atoms with Crippen LogP contribution in [0, 0.1) is 26.7 Å². The van der Waals surface area contributed by atoms with Crippen LogP contribution in [0.4, 0.5) is 0 Å². The van der Waals surface area contributed by atoms with Crippen molar-refractivity contribution in [3.8, 4) is 0 Å². The van der Waals surface area contributed by atoms with E-state index in [1.807, 2.05) is 24.3 Å². The molecule has 1 N–H and O–H groups in total. The Kier molecular flexibility index (Phi) is 4.42. The Labute approximate surface area is 168 Å². The van der Waals surface area contributed by atoms with Gasteiger partial charge in [-0.25, -0.2) is 0 Å². The highest BCUT2D eigenvalue weighted by atomic mass is 79.9. The molecule has 140 valence electrons. The van der Waals surface area contributed by atoms with E-state index < -0.39 is 0 Å². The number of aryl methyl sites for hydroxylation is 3. The first-order valence-corrected chi connectivity index (χ1v) is 10.1. The fourth-order valence-corrected chi connectivity index (χ4v) is 5.41. The summed E-state index contributed by atoms with van der Waals surface area (Å²) in [5.74, 6) is 0.860. The summed E-state index contributed by atoms with van der Waals surface area (Å²) in [6, 6.07) is 12.4. The van der Waals surface area contributed by atoms with E-state index in [2.05, 4.69) is 60.9 Å². The predicted molar refractivity (Wildman–Crippen MR) is 113 cm³/mol. The maximum atomic E-state index is 9.70. The third kappa shape index (κ3) is 3.10. The topological polar surface area (TPSA) is 45.7 Å². The summed E-state index contributed by atoms with van der Waals surface area (Å²) in [6.45, 7) is 8.86. The van der Waals surface area contributed by atoms with Gasteiger partial charge in [0, 0.05) is 15.8 Å². The lowest BCUT2D eigenvalue weighted by Crippen LogP contribution is -2.43. The molecule has 0 atom stereocenters. The van der Waals surface area contributed by atoms with Crippen LogP contribution in [0.5, 0.6) is 0 Å². The first-order chi connectivity index (χ1) is 12.8. The molecule has 0 aliphatic heterocycles. The molecule has 1 saturated carbocycles. The second-order valence-electron chi connectivity index (χ2n) is 8.22. The minimum absolute atomic E-state index is 0.109. The summed E-state index contributed by atoms with van der Waals surface area (Å²) in [5.41, 5.74) is 7.02. The fourth-order valence-electron chi connectivity index (χ4n) is 5.03. The van der Waals surface area contributed by atoms with E-state index in [4.69, 9.17) is 4.42 Å². The molecule has 2 aromatic carbocycles. The van der Waals surface area contributed by atoms with Gasteiger partial charge < -0.3 is 9.62 Å². The SMILES string of the molecule is Cc1cc(C)c(C2(C)CC(/C(=N\O)c3cc4cc(Br)ccc4o3)C2)c(C)c1. The van der Waals surface area contributed by atoms with E-state index in [1.54, 1.807) is 0 Å². The Morgan fingerprint density at radius 3 is 2.41 bits per heavy atom. The monoisotopic (exact) mass is 425 g/mol. The van der Waals surface area contributed by atoms with Crippen LogP contribution in [-0.4, -0.2) is 10.9 Å². The second-order valence-corrected chi connectivity index (χ2v) is 9.13. The van der Waals surface area contributed by atoms with Crippen molar-refractivity contribution in [2.75, 3.05) is 0 Å². The number of benzene rings is 2. The Morgan fingerprint density at radius 1 is 1.11 bits per heavy atom. The number of nitrogens with zero attached hydrogens (tertiary/aromatic N) is 1. The highest BCUT2D eigenvalue weighted by Gasteiger charge is 2.46. The number of rotatable bonds is 3. The Bertz CT molecular complexity index is 1030. The van der Waals surface area contributed by atoms with E-state index >= 15 is 0 Å². The van der Waals surface area contributed by atoms with Crippen LogP contribution in [0.1, 0.15) is 47.8 Å². The summed E-state index contributed by atoms with van der Waals surface area (Å²) in [5, 5.41) is 14.3. The largest absolute Gasteiger partial charge is 0.455 e. The van der Waals surface area contributed by atoms with E-state index in [9.17, 15) is 5.21 Å². The average molecular weight is 426 g/mol. The molecule has 0 unspecified atom stereocenters. The first-order valence-electron chi connectivity index (χ1n) is 9.30. The molecule has 3 nitrogen and oxygen atoms in total. The number of halogens is 1. The highest BCUT2D eigenvalue weighted by Crippen LogP contribution is 2.51. The smallest absolute Gasteiger partial charge is 0.153 e. The van der Waals surface area contributed by atoms with Crippen LogP contribution < -0.4 is 0 Å². The lowest BCUT2D eigenvalue weighted by Gasteiger charge is -2.47. The molecule has 1 heterocycles. The maximum Gasteiger partial charge on any atom is 0.153 e. The fraction of sp³-hybridized carbons (Fsp3) is 0.348.